The number of hydrogen-bond donors (Lipinski definition) is 2. The number of benzene rings is 2. The lowest BCUT2D eigenvalue weighted by atomic mass is 9.96. The van der Waals surface area contributed by atoms with Crippen LogP contribution >= 0.6 is 0 Å². The summed E-state index contributed by atoms with van der Waals surface area (Å²) < 4.78 is 27.3. The lowest BCUT2D eigenvalue weighted by Crippen LogP contribution is -2.38. The first-order valence-corrected chi connectivity index (χ1v) is 12.5. The van der Waals surface area contributed by atoms with Gasteiger partial charge in [-0.2, -0.15) is 4.31 Å². The molecule has 0 unspecified atom stereocenters. The van der Waals surface area contributed by atoms with Crippen molar-refractivity contribution in [3.8, 4) is 0 Å². The van der Waals surface area contributed by atoms with Crippen LogP contribution in [0.2, 0.25) is 0 Å². The van der Waals surface area contributed by atoms with Gasteiger partial charge in [-0.15, -0.1) is 0 Å². The number of amides is 2. The molecule has 3 rings (SSSR count). The van der Waals surface area contributed by atoms with Crippen LogP contribution in [0.1, 0.15) is 55.3 Å². The highest BCUT2D eigenvalue weighted by Crippen LogP contribution is 2.27. The molecule has 0 radical (unpaired) electrons. The van der Waals surface area contributed by atoms with Gasteiger partial charge in [0, 0.05) is 37.3 Å². The van der Waals surface area contributed by atoms with E-state index in [0.717, 1.165) is 32.1 Å². The average molecular weight is 458 g/mol. The summed E-state index contributed by atoms with van der Waals surface area (Å²) in [5.41, 5.74) is 1.13. The van der Waals surface area contributed by atoms with Crippen molar-refractivity contribution in [2.24, 2.45) is 0 Å². The Bertz CT molecular complexity index is 1000. The minimum absolute atomic E-state index is 0.0514. The van der Waals surface area contributed by atoms with Crippen LogP contribution in [0.4, 0.5) is 5.69 Å². The van der Waals surface area contributed by atoms with E-state index in [2.05, 4.69) is 10.6 Å². The van der Waals surface area contributed by atoms with Gasteiger partial charge < -0.3 is 10.6 Å². The Morgan fingerprint density at radius 1 is 0.969 bits per heavy atom. The molecule has 1 saturated carbocycles. The second-order valence-corrected chi connectivity index (χ2v) is 10.1. The Morgan fingerprint density at radius 2 is 1.62 bits per heavy atom. The van der Waals surface area contributed by atoms with E-state index >= 15 is 0 Å². The summed E-state index contributed by atoms with van der Waals surface area (Å²) in [4.78, 5) is 24.4. The summed E-state index contributed by atoms with van der Waals surface area (Å²) in [5.74, 6) is -0.352. The number of carbonyl (C=O) groups is 2. The Balaban J connectivity index is 1.45. The number of nitrogens with one attached hydrogen (secondary N) is 2. The van der Waals surface area contributed by atoms with E-state index in [1.54, 1.807) is 43.4 Å². The van der Waals surface area contributed by atoms with Crippen molar-refractivity contribution in [2.45, 2.75) is 55.9 Å². The van der Waals surface area contributed by atoms with E-state index in [1.807, 2.05) is 6.07 Å². The summed E-state index contributed by atoms with van der Waals surface area (Å²) in [6, 6.07) is 15.2. The lowest BCUT2D eigenvalue weighted by Gasteiger charge is -2.30. The molecule has 0 aromatic heterocycles. The zero-order valence-corrected chi connectivity index (χ0v) is 19.2. The van der Waals surface area contributed by atoms with Crippen molar-refractivity contribution in [2.75, 3.05) is 18.9 Å². The van der Waals surface area contributed by atoms with Crippen molar-refractivity contribution in [1.82, 2.24) is 9.62 Å². The van der Waals surface area contributed by atoms with Crippen molar-refractivity contribution < 1.29 is 18.0 Å². The van der Waals surface area contributed by atoms with Crippen molar-refractivity contribution in [3.05, 3.63) is 60.2 Å². The number of hydrogen-bond acceptors (Lipinski definition) is 4. The van der Waals surface area contributed by atoms with Gasteiger partial charge in [-0.1, -0.05) is 37.5 Å². The summed E-state index contributed by atoms with van der Waals surface area (Å²) in [5, 5.41) is 5.56. The topological polar surface area (TPSA) is 95.6 Å². The van der Waals surface area contributed by atoms with E-state index < -0.39 is 10.0 Å². The molecule has 8 heteroatoms. The third-order valence-corrected chi connectivity index (χ3v) is 7.73. The highest BCUT2D eigenvalue weighted by Gasteiger charge is 2.28. The van der Waals surface area contributed by atoms with Gasteiger partial charge in [-0.25, -0.2) is 8.42 Å². The zero-order chi connectivity index (χ0) is 23.0. The fraction of sp³-hybridized carbons (Fsp3) is 0.417. The monoisotopic (exact) mass is 457 g/mol. The maximum Gasteiger partial charge on any atom is 0.251 e. The zero-order valence-electron chi connectivity index (χ0n) is 18.4. The number of carbonyl (C=O) groups excluding carboxylic acids is 2. The normalized spacial score (nSPS) is 14.8. The highest BCUT2D eigenvalue weighted by molar-refractivity contribution is 7.89. The Morgan fingerprint density at radius 3 is 2.28 bits per heavy atom. The predicted molar refractivity (Wildman–Crippen MR) is 125 cm³/mol. The minimum atomic E-state index is -3.55. The summed E-state index contributed by atoms with van der Waals surface area (Å²) in [6.45, 7) is 0.395. The maximum absolute atomic E-state index is 12.9. The fourth-order valence-corrected chi connectivity index (χ4v) is 5.30. The van der Waals surface area contributed by atoms with E-state index in [-0.39, 0.29) is 29.2 Å². The molecule has 2 N–H and O–H groups in total. The molecule has 0 saturated heterocycles. The van der Waals surface area contributed by atoms with Crippen molar-refractivity contribution >= 4 is 27.5 Å². The Labute approximate surface area is 190 Å². The van der Waals surface area contributed by atoms with Gasteiger partial charge in [0.15, 0.2) is 0 Å². The van der Waals surface area contributed by atoms with E-state index in [9.17, 15) is 18.0 Å². The van der Waals surface area contributed by atoms with Gasteiger partial charge in [-0.05, 0) is 55.7 Å². The first-order chi connectivity index (χ1) is 15.4. The molecule has 1 aliphatic rings. The smallest absolute Gasteiger partial charge is 0.251 e. The van der Waals surface area contributed by atoms with Crippen LogP contribution in [0.25, 0.3) is 0 Å². The Kier molecular flexibility index (Phi) is 8.41. The molecule has 7 nitrogen and oxygen atoms in total. The van der Waals surface area contributed by atoms with Crippen LogP contribution in [0.3, 0.4) is 0 Å². The molecule has 0 atom stereocenters. The number of sulfonamides is 1. The average Bonchev–Trinajstić information content (AvgIpc) is 2.82. The highest BCUT2D eigenvalue weighted by atomic mass is 32.2. The third kappa shape index (κ3) is 6.40. The van der Waals surface area contributed by atoms with Crippen LogP contribution in [0.15, 0.2) is 59.5 Å². The number of nitrogens with zero attached hydrogens (tertiary/aromatic N) is 1. The van der Waals surface area contributed by atoms with Crippen LogP contribution < -0.4 is 10.6 Å². The quantitative estimate of drug-likeness (QED) is 0.560. The van der Waals surface area contributed by atoms with Gasteiger partial charge in [0.25, 0.3) is 5.91 Å². The molecule has 2 aromatic carbocycles. The van der Waals surface area contributed by atoms with E-state index in [4.69, 9.17) is 0 Å². The molecule has 32 heavy (non-hydrogen) atoms. The molecule has 2 aromatic rings. The largest absolute Gasteiger partial charge is 0.352 e. The van der Waals surface area contributed by atoms with E-state index in [1.165, 1.54) is 16.4 Å². The van der Waals surface area contributed by atoms with Gasteiger partial charge in [0.05, 0.1) is 4.90 Å². The molecular weight excluding hydrogens is 426 g/mol. The minimum Gasteiger partial charge on any atom is -0.352 e. The maximum atomic E-state index is 12.9. The van der Waals surface area contributed by atoms with Crippen LogP contribution in [0, 0.1) is 0 Å². The standard InChI is InChI=1S/C24H31N3O4S/c1-27(21-11-6-3-7-12-21)32(30,31)22-16-14-20(15-17-22)26-23(28)13-8-18-25-24(29)19-9-4-2-5-10-19/h2,4-5,9-10,14-17,21H,3,6-8,11-13,18H2,1H3,(H,25,29)(H,26,28). The van der Waals surface area contributed by atoms with E-state index in [0.29, 0.717) is 24.2 Å². The van der Waals surface area contributed by atoms with Crippen LogP contribution in [0.5, 0.6) is 0 Å². The first-order valence-electron chi connectivity index (χ1n) is 11.1. The van der Waals surface area contributed by atoms with Crippen LogP contribution in [-0.4, -0.2) is 44.2 Å². The molecule has 1 aliphatic carbocycles. The molecule has 2 amide bonds. The van der Waals surface area contributed by atoms with Gasteiger partial charge in [0.1, 0.15) is 0 Å². The molecule has 0 bridgehead atoms. The Hall–Kier alpha value is -2.71. The summed E-state index contributed by atoms with van der Waals surface area (Å²) in [6.07, 6.45) is 5.84. The molecule has 0 aliphatic heterocycles. The summed E-state index contributed by atoms with van der Waals surface area (Å²) in [7, 11) is -1.90. The first kappa shape index (κ1) is 23.9. The second kappa shape index (κ2) is 11.2. The number of rotatable bonds is 9. The van der Waals surface area contributed by atoms with Gasteiger partial charge >= 0.3 is 0 Å². The third-order valence-electron chi connectivity index (χ3n) is 5.81. The fourth-order valence-electron chi connectivity index (χ4n) is 3.88. The molecule has 0 heterocycles. The predicted octanol–water partition coefficient (Wildman–Crippen LogP) is 3.79. The second-order valence-electron chi connectivity index (χ2n) is 8.11. The number of anilines is 1. The van der Waals surface area contributed by atoms with Gasteiger partial charge in [0.2, 0.25) is 15.9 Å². The summed E-state index contributed by atoms with van der Waals surface area (Å²) >= 11 is 0. The lowest BCUT2D eigenvalue weighted by molar-refractivity contribution is -0.116. The van der Waals surface area contributed by atoms with Crippen LogP contribution in [-0.2, 0) is 14.8 Å². The van der Waals surface area contributed by atoms with Gasteiger partial charge in [-0.3, -0.25) is 9.59 Å². The van der Waals surface area contributed by atoms with Crippen molar-refractivity contribution in [3.63, 3.8) is 0 Å². The SMILES string of the molecule is CN(C1CCCCC1)S(=O)(=O)c1ccc(NC(=O)CCCNC(=O)c2ccccc2)cc1. The van der Waals surface area contributed by atoms with Crippen molar-refractivity contribution in [1.29, 1.82) is 0 Å². The molecule has 172 valence electrons. The molecular formula is C24H31N3O4S. The molecule has 0 spiro atoms. The molecule has 1 fully saturated rings.